The molecule has 31 heavy (non-hydrogen) atoms. The van der Waals surface area contributed by atoms with Gasteiger partial charge >= 0.3 is 6.03 Å². The average Bonchev–Trinajstić information content (AvgIpc) is 3.08. The number of carbonyl (C=O) groups excluding carboxylic acids is 1. The Morgan fingerprint density at radius 2 is 1.90 bits per heavy atom. The van der Waals surface area contributed by atoms with Crippen molar-refractivity contribution in [3.05, 3.63) is 49.1 Å². The lowest BCUT2D eigenvalue weighted by Crippen LogP contribution is -2.53. The van der Waals surface area contributed by atoms with E-state index < -0.39 is 0 Å². The molecule has 2 aliphatic heterocycles. The average molecular weight is 420 g/mol. The number of aromatic nitrogens is 3. The summed E-state index contributed by atoms with van der Waals surface area (Å²) in [6, 6.07) is 8.48. The molecule has 0 saturated carbocycles. The van der Waals surface area contributed by atoms with Crippen molar-refractivity contribution in [2.24, 2.45) is 0 Å². The number of fused-ring (bicyclic) bond motifs is 3. The summed E-state index contributed by atoms with van der Waals surface area (Å²) in [4.78, 5) is 27.9. The third-order valence-electron chi connectivity index (χ3n) is 6.31. The van der Waals surface area contributed by atoms with Gasteiger partial charge in [-0.3, -0.25) is 15.3 Å². The molecule has 2 bridgehead atoms. The molecule has 4 heterocycles. The lowest BCUT2D eigenvalue weighted by Gasteiger charge is -2.39. The molecular weight excluding hydrogens is 395 g/mol. The van der Waals surface area contributed by atoms with Crippen LogP contribution in [-0.4, -0.2) is 57.2 Å². The van der Waals surface area contributed by atoms with Crippen molar-refractivity contribution >= 4 is 22.6 Å². The number of nitrogens with zero attached hydrogens (tertiary/aromatic N) is 4. The normalized spacial score (nSPS) is 22.6. The molecule has 1 aromatic carbocycles. The van der Waals surface area contributed by atoms with Gasteiger partial charge in [0.2, 0.25) is 0 Å². The van der Waals surface area contributed by atoms with Crippen LogP contribution in [0.15, 0.2) is 49.1 Å². The number of rotatable bonds is 5. The predicted molar refractivity (Wildman–Crippen MR) is 117 cm³/mol. The van der Waals surface area contributed by atoms with E-state index in [0.717, 1.165) is 47.7 Å². The number of halogens is 1. The fraction of sp³-hybridized carbons (Fsp3) is 0.391. The van der Waals surface area contributed by atoms with Gasteiger partial charge in [-0.1, -0.05) is 12.1 Å². The van der Waals surface area contributed by atoms with Gasteiger partial charge in [0, 0.05) is 54.2 Å². The molecule has 2 N–H and O–H groups in total. The van der Waals surface area contributed by atoms with Crippen molar-refractivity contribution < 1.29 is 9.18 Å². The Balaban J connectivity index is 1.32. The summed E-state index contributed by atoms with van der Waals surface area (Å²) in [5.74, 6) is 0.533. The molecule has 8 heteroatoms. The van der Waals surface area contributed by atoms with Gasteiger partial charge in [-0.25, -0.2) is 14.2 Å². The van der Waals surface area contributed by atoms with E-state index in [-0.39, 0.29) is 30.8 Å². The number of pyridine rings is 1. The molecule has 2 amide bonds. The Kier molecular flexibility index (Phi) is 5.46. The number of hydrogen-bond acceptors (Lipinski definition) is 5. The Labute approximate surface area is 180 Å². The molecule has 3 atom stereocenters. The number of amides is 2. The second-order valence-electron chi connectivity index (χ2n) is 8.26. The number of carbonyl (C=O) groups is 1. The lowest BCUT2D eigenvalue weighted by molar-refractivity contribution is 0.141. The lowest BCUT2D eigenvalue weighted by atomic mass is 9.97. The van der Waals surface area contributed by atoms with Crippen molar-refractivity contribution in [2.45, 2.75) is 43.8 Å². The monoisotopic (exact) mass is 420 g/mol. The topological polar surface area (TPSA) is 83.0 Å². The quantitative estimate of drug-likeness (QED) is 0.656. The first-order valence-corrected chi connectivity index (χ1v) is 10.8. The molecule has 2 aromatic heterocycles. The third-order valence-corrected chi connectivity index (χ3v) is 6.31. The molecule has 2 fully saturated rings. The molecule has 5 rings (SSSR count). The van der Waals surface area contributed by atoms with Gasteiger partial charge in [0.15, 0.2) is 0 Å². The molecule has 0 spiro atoms. The van der Waals surface area contributed by atoms with Gasteiger partial charge in [-0.2, -0.15) is 0 Å². The van der Waals surface area contributed by atoms with Crippen LogP contribution < -0.4 is 10.6 Å². The van der Waals surface area contributed by atoms with E-state index >= 15 is 0 Å². The van der Waals surface area contributed by atoms with E-state index in [1.165, 1.54) is 0 Å². The molecule has 7 nitrogen and oxygen atoms in total. The molecule has 1 unspecified atom stereocenters. The minimum Gasteiger partial charge on any atom is -0.318 e. The molecule has 0 aliphatic carbocycles. The van der Waals surface area contributed by atoms with E-state index in [2.05, 4.69) is 25.6 Å². The Bertz CT molecular complexity index is 1060. The number of anilines is 1. The number of nitrogens with one attached hydrogen (secondary N) is 2. The zero-order valence-corrected chi connectivity index (χ0v) is 17.2. The van der Waals surface area contributed by atoms with Crippen molar-refractivity contribution in [3.8, 4) is 11.3 Å². The van der Waals surface area contributed by atoms with Crippen LogP contribution in [0.4, 0.5) is 15.0 Å². The molecule has 2 saturated heterocycles. The SMILES string of the molecule is O=C(Nc1cc2cc(-c3cnccn3)ccc2cn1)N1[C@@H]2CC[C@H]1CC(NCCF)C2. The zero-order valence-electron chi connectivity index (χ0n) is 17.2. The summed E-state index contributed by atoms with van der Waals surface area (Å²) in [7, 11) is 0. The highest BCUT2D eigenvalue weighted by Gasteiger charge is 2.43. The second kappa shape index (κ2) is 8.55. The molecule has 3 aromatic rings. The maximum Gasteiger partial charge on any atom is 0.323 e. The van der Waals surface area contributed by atoms with E-state index in [9.17, 15) is 9.18 Å². The summed E-state index contributed by atoms with van der Waals surface area (Å²) < 4.78 is 12.5. The highest BCUT2D eigenvalue weighted by molar-refractivity contribution is 5.93. The highest BCUT2D eigenvalue weighted by Crippen LogP contribution is 2.36. The van der Waals surface area contributed by atoms with Crippen molar-refractivity contribution in [2.75, 3.05) is 18.5 Å². The minimum atomic E-state index is -0.359. The van der Waals surface area contributed by atoms with Crippen LogP contribution >= 0.6 is 0 Å². The fourth-order valence-corrected chi connectivity index (χ4v) is 4.92. The van der Waals surface area contributed by atoms with Crippen LogP contribution in [0, 0.1) is 0 Å². The summed E-state index contributed by atoms with van der Waals surface area (Å²) in [6.07, 6.45) is 10.6. The number of alkyl halides is 1. The summed E-state index contributed by atoms with van der Waals surface area (Å²) in [5.41, 5.74) is 1.76. The third kappa shape index (κ3) is 4.07. The first kappa shape index (κ1) is 19.8. The van der Waals surface area contributed by atoms with Crippen LogP contribution in [0.25, 0.3) is 22.0 Å². The van der Waals surface area contributed by atoms with Gasteiger partial charge < -0.3 is 10.2 Å². The van der Waals surface area contributed by atoms with Crippen LogP contribution in [0.3, 0.4) is 0 Å². The van der Waals surface area contributed by atoms with Crippen LogP contribution in [0.5, 0.6) is 0 Å². The first-order chi connectivity index (χ1) is 15.2. The first-order valence-electron chi connectivity index (χ1n) is 10.8. The predicted octanol–water partition coefficient (Wildman–Crippen LogP) is 3.78. The largest absolute Gasteiger partial charge is 0.323 e. The standard InChI is InChI=1S/C23H25FN6O/c24-5-6-26-18-11-19-3-4-20(12-18)30(19)23(31)29-22-10-17-9-15(1-2-16(17)13-28-22)21-14-25-7-8-27-21/h1-2,7-10,13-14,18-20,26H,3-6,11-12H2,(H,28,29,31)/t18?,19-,20+. The summed E-state index contributed by atoms with van der Waals surface area (Å²) in [6.45, 7) is 0.0239. The molecule has 2 aliphatic rings. The van der Waals surface area contributed by atoms with E-state index in [1.54, 1.807) is 24.8 Å². The smallest absolute Gasteiger partial charge is 0.318 e. The summed E-state index contributed by atoms with van der Waals surface area (Å²) in [5, 5.41) is 8.22. The maximum absolute atomic E-state index is 13.0. The number of hydrogen-bond donors (Lipinski definition) is 2. The van der Waals surface area contributed by atoms with E-state index in [0.29, 0.717) is 12.4 Å². The minimum absolute atomic E-state index is 0.103. The van der Waals surface area contributed by atoms with Crippen molar-refractivity contribution in [1.82, 2.24) is 25.2 Å². The van der Waals surface area contributed by atoms with Gasteiger partial charge in [-0.05, 0) is 43.2 Å². The van der Waals surface area contributed by atoms with Gasteiger partial charge in [0.1, 0.15) is 12.5 Å². The number of piperidine rings is 1. The van der Waals surface area contributed by atoms with Crippen LogP contribution in [0.1, 0.15) is 25.7 Å². The van der Waals surface area contributed by atoms with Crippen molar-refractivity contribution in [1.29, 1.82) is 0 Å². The van der Waals surface area contributed by atoms with Gasteiger partial charge in [0.25, 0.3) is 0 Å². The van der Waals surface area contributed by atoms with Crippen LogP contribution in [0.2, 0.25) is 0 Å². The summed E-state index contributed by atoms with van der Waals surface area (Å²) >= 11 is 0. The Hall–Kier alpha value is -3.13. The second-order valence-corrected chi connectivity index (χ2v) is 8.26. The zero-order chi connectivity index (χ0) is 21.2. The van der Waals surface area contributed by atoms with Crippen molar-refractivity contribution in [3.63, 3.8) is 0 Å². The van der Waals surface area contributed by atoms with Crippen LogP contribution in [-0.2, 0) is 0 Å². The number of benzene rings is 1. The Morgan fingerprint density at radius 3 is 2.65 bits per heavy atom. The molecular formula is C23H25FN6O. The van der Waals surface area contributed by atoms with E-state index in [1.807, 2.05) is 29.2 Å². The number of urea groups is 1. The van der Waals surface area contributed by atoms with Gasteiger partial charge in [0.05, 0.1) is 11.9 Å². The maximum atomic E-state index is 13.0. The molecule has 0 radical (unpaired) electrons. The van der Waals surface area contributed by atoms with E-state index in [4.69, 9.17) is 0 Å². The molecule has 160 valence electrons. The van der Waals surface area contributed by atoms with Gasteiger partial charge in [-0.15, -0.1) is 0 Å². The highest BCUT2D eigenvalue weighted by atomic mass is 19.1. The Morgan fingerprint density at radius 1 is 1.06 bits per heavy atom. The fourth-order valence-electron chi connectivity index (χ4n) is 4.92.